The molecule has 1 fully saturated rings. The van der Waals surface area contributed by atoms with Gasteiger partial charge in [-0.1, -0.05) is 32.6 Å². The highest BCUT2D eigenvalue weighted by atomic mass is 16.3. The molecule has 1 heteroatoms. The molecule has 60 valence electrons. The summed E-state index contributed by atoms with van der Waals surface area (Å²) >= 11 is 0. The first-order valence-electron chi connectivity index (χ1n) is 4.51. The van der Waals surface area contributed by atoms with E-state index in [0.29, 0.717) is 0 Å². The van der Waals surface area contributed by atoms with Crippen LogP contribution in [0.15, 0.2) is 0 Å². The van der Waals surface area contributed by atoms with Crippen molar-refractivity contribution < 1.29 is 5.11 Å². The molecule has 10 heavy (non-hydrogen) atoms. The van der Waals surface area contributed by atoms with E-state index in [1.54, 1.807) is 0 Å². The van der Waals surface area contributed by atoms with E-state index in [0.717, 1.165) is 18.8 Å². The first-order valence-corrected chi connectivity index (χ1v) is 4.51. The van der Waals surface area contributed by atoms with Crippen LogP contribution in [0.3, 0.4) is 0 Å². The normalized spacial score (nSPS) is 34.2. The van der Waals surface area contributed by atoms with Gasteiger partial charge in [0.1, 0.15) is 0 Å². The molecule has 2 atom stereocenters. The lowest BCUT2D eigenvalue weighted by Gasteiger charge is -2.25. The summed E-state index contributed by atoms with van der Waals surface area (Å²) < 4.78 is 0. The molecular formula is C9H18O. The van der Waals surface area contributed by atoms with Gasteiger partial charge in [0.25, 0.3) is 0 Å². The molecule has 0 radical (unpaired) electrons. The highest BCUT2D eigenvalue weighted by Crippen LogP contribution is 2.27. The molecule has 0 aromatic carbocycles. The van der Waals surface area contributed by atoms with Crippen molar-refractivity contribution in [3.8, 4) is 0 Å². The summed E-state index contributed by atoms with van der Waals surface area (Å²) in [5.41, 5.74) is 0. The molecule has 0 bridgehead atoms. The number of aliphatic hydroxyl groups is 1. The van der Waals surface area contributed by atoms with Crippen LogP contribution in [-0.2, 0) is 0 Å². The molecule has 0 aromatic heterocycles. The largest absolute Gasteiger partial charge is 0.393 e. The van der Waals surface area contributed by atoms with Gasteiger partial charge in [0, 0.05) is 0 Å². The van der Waals surface area contributed by atoms with E-state index in [1.807, 2.05) is 0 Å². The fraction of sp³-hybridized carbons (Fsp3) is 1.00. The van der Waals surface area contributed by atoms with Crippen LogP contribution in [0.4, 0.5) is 0 Å². The van der Waals surface area contributed by atoms with Crippen molar-refractivity contribution in [1.29, 1.82) is 0 Å². The van der Waals surface area contributed by atoms with Gasteiger partial charge >= 0.3 is 0 Å². The third-order valence-electron chi connectivity index (χ3n) is 2.45. The zero-order chi connectivity index (χ0) is 7.40. The molecule has 1 N–H and O–H groups in total. The molecule has 0 spiro atoms. The van der Waals surface area contributed by atoms with Gasteiger partial charge in [-0.3, -0.25) is 0 Å². The maximum absolute atomic E-state index is 9.31. The summed E-state index contributed by atoms with van der Waals surface area (Å²) in [5, 5.41) is 9.31. The SMILES string of the molecule is CCCC1CCCC(O)C1. The number of hydrogen-bond donors (Lipinski definition) is 1. The van der Waals surface area contributed by atoms with Crippen LogP contribution < -0.4 is 0 Å². The Morgan fingerprint density at radius 2 is 2.20 bits per heavy atom. The van der Waals surface area contributed by atoms with Crippen LogP contribution in [-0.4, -0.2) is 11.2 Å². The zero-order valence-electron chi connectivity index (χ0n) is 6.84. The molecule has 0 heterocycles. The Balaban J connectivity index is 2.18. The summed E-state index contributed by atoms with van der Waals surface area (Å²) in [7, 11) is 0. The van der Waals surface area contributed by atoms with Gasteiger partial charge in [-0.05, 0) is 18.8 Å². The highest BCUT2D eigenvalue weighted by Gasteiger charge is 2.18. The number of rotatable bonds is 2. The van der Waals surface area contributed by atoms with Gasteiger partial charge in [0.15, 0.2) is 0 Å². The Bertz CT molecular complexity index is 88.7. The molecule has 0 saturated heterocycles. The molecular weight excluding hydrogens is 124 g/mol. The Labute approximate surface area is 63.4 Å². The quantitative estimate of drug-likeness (QED) is 0.627. The molecule has 1 aliphatic carbocycles. The fourth-order valence-electron chi connectivity index (χ4n) is 1.93. The lowest BCUT2D eigenvalue weighted by Crippen LogP contribution is -2.19. The van der Waals surface area contributed by atoms with E-state index >= 15 is 0 Å². The summed E-state index contributed by atoms with van der Waals surface area (Å²) in [6.45, 7) is 2.22. The topological polar surface area (TPSA) is 20.2 Å². The molecule has 1 rings (SSSR count). The Hall–Kier alpha value is -0.0400. The van der Waals surface area contributed by atoms with E-state index in [2.05, 4.69) is 6.92 Å². The summed E-state index contributed by atoms with van der Waals surface area (Å²) in [5.74, 6) is 0.828. The molecule has 2 unspecified atom stereocenters. The lowest BCUT2D eigenvalue weighted by atomic mass is 9.85. The molecule has 1 nitrogen and oxygen atoms in total. The molecule has 1 saturated carbocycles. The summed E-state index contributed by atoms with van der Waals surface area (Å²) in [4.78, 5) is 0. The van der Waals surface area contributed by atoms with Crippen molar-refractivity contribution in [2.45, 2.75) is 51.6 Å². The minimum atomic E-state index is 0.0188. The third-order valence-corrected chi connectivity index (χ3v) is 2.45. The van der Waals surface area contributed by atoms with Gasteiger partial charge in [0.2, 0.25) is 0 Å². The van der Waals surface area contributed by atoms with Crippen molar-refractivity contribution in [3.63, 3.8) is 0 Å². The first kappa shape index (κ1) is 8.06. The van der Waals surface area contributed by atoms with Crippen LogP contribution in [0.5, 0.6) is 0 Å². The molecule has 0 amide bonds. The minimum Gasteiger partial charge on any atom is -0.393 e. The average Bonchev–Trinajstić information content (AvgIpc) is 1.88. The predicted molar refractivity (Wildman–Crippen MR) is 42.9 cm³/mol. The average molecular weight is 142 g/mol. The second-order valence-corrected chi connectivity index (χ2v) is 3.48. The van der Waals surface area contributed by atoms with E-state index in [1.165, 1.54) is 25.7 Å². The smallest absolute Gasteiger partial charge is 0.0542 e. The van der Waals surface area contributed by atoms with Crippen molar-refractivity contribution >= 4 is 0 Å². The first-order chi connectivity index (χ1) is 4.83. The summed E-state index contributed by atoms with van der Waals surface area (Å²) in [6, 6.07) is 0. The van der Waals surface area contributed by atoms with E-state index in [-0.39, 0.29) is 6.10 Å². The van der Waals surface area contributed by atoms with E-state index in [4.69, 9.17) is 0 Å². The van der Waals surface area contributed by atoms with Gasteiger partial charge in [-0.15, -0.1) is 0 Å². The van der Waals surface area contributed by atoms with Gasteiger partial charge in [0.05, 0.1) is 6.10 Å². The van der Waals surface area contributed by atoms with Crippen molar-refractivity contribution in [2.75, 3.05) is 0 Å². The van der Waals surface area contributed by atoms with Crippen LogP contribution in [0.1, 0.15) is 45.4 Å². The lowest BCUT2D eigenvalue weighted by molar-refractivity contribution is 0.0981. The van der Waals surface area contributed by atoms with Crippen molar-refractivity contribution in [1.82, 2.24) is 0 Å². The standard InChI is InChI=1S/C9H18O/c1-2-4-8-5-3-6-9(10)7-8/h8-10H,2-7H2,1H3. The van der Waals surface area contributed by atoms with Crippen LogP contribution in [0.2, 0.25) is 0 Å². The predicted octanol–water partition coefficient (Wildman–Crippen LogP) is 2.34. The van der Waals surface area contributed by atoms with Crippen LogP contribution in [0.25, 0.3) is 0 Å². The molecule has 1 aliphatic rings. The van der Waals surface area contributed by atoms with Crippen molar-refractivity contribution in [3.05, 3.63) is 0 Å². The van der Waals surface area contributed by atoms with Crippen molar-refractivity contribution in [2.24, 2.45) is 5.92 Å². The molecule has 0 aliphatic heterocycles. The second kappa shape index (κ2) is 3.97. The maximum Gasteiger partial charge on any atom is 0.0542 e. The minimum absolute atomic E-state index is 0.0188. The maximum atomic E-state index is 9.31. The van der Waals surface area contributed by atoms with E-state index in [9.17, 15) is 5.11 Å². The summed E-state index contributed by atoms with van der Waals surface area (Å²) in [6.07, 6.45) is 7.31. The highest BCUT2D eigenvalue weighted by molar-refractivity contribution is 4.71. The van der Waals surface area contributed by atoms with Gasteiger partial charge in [-0.2, -0.15) is 0 Å². The van der Waals surface area contributed by atoms with Crippen LogP contribution in [0, 0.1) is 5.92 Å². The fourth-order valence-corrected chi connectivity index (χ4v) is 1.93. The molecule has 0 aromatic rings. The number of aliphatic hydroxyl groups excluding tert-OH is 1. The second-order valence-electron chi connectivity index (χ2n) is 3.48. The Morgan fingerprint density at radius 3 is 2.80 bits per heavy atom. The van der Waals surface area contributed by atoms with Gasteiger partial charge < -0.3 is 5.11 Å². The zero-order valence-corrected chi connectivity index (χ0v) is 6.84. The third kappa shape index (κ3) is 2.30. The Kier molecular flexibility index (Phi) is 3.20. The van der Waals surface area contributed by atoms with Gasteiger partial charge in [-0.25, -0.2) is 0 Å². The van der Waals surface area contributed by atoms with E-state index < -0.39 is 0 Å². The number of hydrogen-bond acceptors (Lipinski definition) is 1. The monoisotopic (exact) mass is 142 g/mol. The Morgan fingerprint density at radius 1 is 1.40 bits per heavy atom. The van der Waals surface area contributed by atoms with Crippen LogP contribution >= 0.6 is 0 Å².